The molecule has 0 atom stereocenters. The summed E-state index contributed by atoms with van der Waals surface area (Å²) in [5.41, 5.74) is 6.61. The molecule has 4 rings (SSSR count). The summed E-state index contributed by atoms with van der Waals surface area (Å²) >= 11 is 3.01. The number of fused-ring (bicyclic) bond motifs is 1. The molecule has 0 radical (unpaired) electrons. The van der Waals surface area contributed by atoms with Crippen LogP contribution in [-0.4, -0.2) is 38.0 Å². The maximum Gasteiger partial charge on any atom is 0.234 e. The quantitative estimate of drug-likeness (QED) is 0.789. The Hall–Kier alpha value is -1.58. The second-order valence-electron chi connectivity index (χ2n) is 4.99. The van der Waals surface area contributed by atoms with Crippen molar-refractivity contribution in [2.75, 3.05) is 18.9 Å². The third-order valence-electron chi connectivity index (χ3n) is 3.55. The van der Waals surface area contributed by atoms with Crippen LogP contribution in [0.4, 0.5) is 5.13 Å². The van der Waals surface area contributed by atoms with Crippen LogP contribution in [0.1, 0.15) is 35.3 Å². The predicted octanol–water partition coefficient (Wildman–Crippen LogP) is 1.71. The Labute approximate surface area is 128 Å². The van der Waals surface area contributed by atoms with Crippen LogP contribution >= 0.6 is 22.7 Å². The molecule has 110 valence electrons. The third-order valence-corrected chi connectivity index (χ3v) is 5.17. The van der Waals surface area contributed by atoms with E-state index in [4.69, 9.17) is 10.5 Å². The molecule has 0 spiro atoms. The van der Waals surface area contributed by atoms with Crippen molar-refractivity contribution in [2.24, 2.45) is 0 Å². The standard InChI is InChI=1S/C12H14N6OS2/c13-11-14-8(6-20-11)5-9-17-18-10(15-16-12(18)21-9)7-1-3-19-4-2-7/h6-7H,1-5H2,(H2,13,14). The van der Waals surface area contributed by atoms with Gasteiger partial charge in [-0.2, -0.15) is 9.61 Å². The fourth-order valence-corrected chi connectivity index (χ4v) is 3.93. The van der Waals surface area contributed by atoms with Crippen LogP contribution in [0.5, 0.6) is 0 Å². The molecule has 2 N–H and O–H groups in total. The second kappa shape index (κ2) is 5.32. The summed E-state index contributed by atoms with van der Waals surface area (Å²) in [6, 6.07) is 0. The van der Waals surface area contributed by atoms with E-state index < -0.39 is 0 Å². The van der Waals surface area contributed by atoms with Crippen LogP contribution in [0.25, 0.3) is 4.96 Å². The van der Waals surface area contributed by atoms with E-state index in [2.05, 4.69) is 20.3 Å². The number of thiazole rings is 1. The Bertz CT molecular complexity index is 757. The average molecular weight is 322 g/mol. The molecule has 4 heterocycles. The second-order valence-corrected chi connectivity index (χ2v) is 6.92. The van der Waals surface area contributed by atoms with E-state index in [0.717, 1.165) is 47.5 Å². The maximum absolute atomic E-state index is 5.66. The molecule has 3 aromatic heterocycles. The van der Waals surface area contributed by atoms with Crippen LogP contribution in [-0.2, 0) is 11.2 Å². The average Bonchev–Trinajstić information content (AvgIpc) is 3.16. The largest absolute Gasteiger partial charge is 0.381 e. The normalized spacial score (nSPS) is 16.8. The Kier molecular flexibility index (Phi) is 3.32. The number of hydrogen-bond acceptors (Lipinski definition) is 8. The van der Waals surface area contributed by atoms with E-state index in [1.54, 1.807) is 11.3 Å². The minimum atomic E-state index is 0.388. The third kappa shape index (κ3) is 2.52. The zero-order chi connectivity index (χ0) is 14.2. The predicted molar refractivity (Wildman–Crippen MR) is 80.8 cm³/mol. The molecule has 1 saturated heterocycles. The highest BCUT2D eigenvalue weighted by molar-refractivity contribution is 7.16. The maximum atomic E-state index is 5.66. The Morgan fingerprint density at radius 2 is 2.19 bits per heavy atom. The van der Waals surface area contributed by atoms with Crippen molar-refractivity contribution in [3.8, 4) is 0 Å². The first kappa shape index (κ1) is 13.1. The number of anilines is 1. The van der Waals surface area contributed by atoms with Crippen molar-refractivity contribution in [2.45, 2.75) is 25.2 Å². The van der Waals surface area contributed by atoms with E-state index >= 15 is 0 Å². The summed E-state index contributed by atoms with van der Waals surface area (Å²) in [7, 11) is 0. The summed E-state index contributed by atoms with van der Waals surface area (Å²) in [5.74, 6) is 1.34. The van der Waals surface area contributed by atoms with Gasteiger partial charge in [-0.25, -0.2) is 4.98 Å². The molecule has 0 aromatic carbocycles. The molecular weight excluding hydrogens is 308 g/mol. The van der Waals surface area contributed by atoms with Gasteiger partial charge in [-0.1, -0.05) is 11.3 Å². The van der Waals surface area contributed by atoms with Gasteiger partial charge in [-0.3, -0.25) is 0 Å². The van der Waals surface area contributed by atoms with E-state index in [1.807, 2.05) is 9.90 Å². The van der Waals surface area contributed by atoms with Crippen molar-refractivity contribution >= 4 is 32.8 Å². The minimum Gasteiger partial charge on any atom is -0.381 e. The van der Waals surface area contributed by atoms with Crippen LogP contribution in [0.2, 0.25) is 0 Å². The molecule has 21 heavy (non-hydrogen) atoms. The molecule has 0 aliphatic carbocycles. The summed E-state index contributed by atoms with van der Waals surface area (Å²) in [4.78, 5) is 5.12. The number of nitrogen functional groups attached to an aromatic ring is 1. The van der Waals surface area contributed by atoms with E-state index in [9.17, 15) is 0 Å². The first-order valence-electron chi connectivity index (χ1n) is 6.78. The van der Waals surface area contributed by atoms with Crippen molar-refractivity contribution < 1.29 is 4.74 Å². The van der Waals surface area contributed by atoms with Crippen LogP contribution in [0.3, 0.4) is 0 Å². The number of nitrogens with two attached hydrogens (primary N) is 1. The summed E-state index contributed by atoms with van der Waals surface area (Å²) in [6.07, 6.45) is 2.65. The van der Waals surface area contributed by atoms with Gasteiger partial charge in [0, 0.05) is 30.9 Å². The molecular formula is C12H14N6OS2. The Morgan fingerprint density at radius 1 is 1.33 bits per heavy atom. The molecule has 0 amide bonds. The smallest absolute Gasteiger partial charge is 0.234 e. The molecule has 0 bridgehead atoms. The van der Waals surface area contributed by atoms with Gasteiger partial charge in [0.2, 0.25) is 4.96 Å². The molecule has 1 aliphatic heterocycles. The minimum absolute atomic E-state index is 0.388. The van der Waals surface area contributed by atoms with Crippen molar-refractivity contribution in [1.29, 1.82) is 0 Å². The molecule has 0 saturated carbocycles. The van der Waals surface area contributed by atoms with Crippen molar-refractivity contribution in [3.05, 3.63) is 21.9 Å². The van der Waals surface area contributed by atoms with Crippen LogP contribution in [0.15, 0.2) is 5.38 Å². The Morgan fingerprint density at radius 3 is 2.95 bits per heavy atom. The lowest BCUT2D eigenvalue weighted by atomic mass is 10.00. The molecule has 3 aromatic rings. The number of aromatic nitrogens is 5. The number of rotatable bonds is 3. The lowest BCUT2D eigenvalue weighted by Crippen LogP contribution is -2.16. The van der Waals surface area contributed by atoms with Crippen molar-refractivity contribution in [3.63, 3.8) is 0 Å². The van der Waals surface area contributed by atoms with Crippen LogP contribution in [0, 0.1) is 0 Å². The van der Waals surface area contributed by atoms with Gasteiger partial charge >= 0.3 is 0 Å². The fraction of sp³-hybridized carbons (Fsp3) is 0.500. The lowest BCUT2D eigenvalue weighted by molar-refractivity contribution is 0.0831. The molecule has 1 fully saturated rings. The zero-order valence-electron chi connectivity index (χ0n) is 11.2. The fourth-order valence-electron chi connectivity index (χ4n) is 2.51. The van der Waals surface area contributed by atoms with Gasteiger partial charge in [0.05, 0.1) is 5.69 Å². The summed E-state index contributed by atoms with van der Waals surface area (Å²) in [6.45, 7) is 1.57. The van der Waals surface area contributed by atoms with Gasteiger partial charge in [-0.15, -0.1) is 21.5 Å². The summed E-state index contributed by atoms with van der Waals surface area (Å²) in [5, 5.41) is 16.7. The van der Waals surface area contributed by atoms with Gasteiger partial charge in [0.15, 0.2) is 11.0 Å². The number of hydrogen-bond donors (Lipinski definition) is 1. The van der Waals surface area contributed by atoms with E-state index in [-0.39, 0.29) is 0 Å². The van der Waals surface area contributed by atoms with E-state index in [0.29, 0.717) is 17.5 Å². The van der Waals surface area contributed by atoms with Gasteiger partial charge in [0.1, 0.15) is 5.01 Å². The highest BCUT2D eigenvalue weighted by atomic mass is 32.1. The van der Waals surface area contributed by atoms with Crippen molar-refractivity contribution in [1.82, 2.24) is 24.8 Å². The van der Waals surface area contributed by atoms with E-state index in [1.165, 1.54) is 11.3 Å². The number of ether oxygens (including phenoxy) is 1. The van der Waals surface area contributed by atoms with Gasteiger partial charge in [0.25, 0.3) is 0 Å². The monoisotopic (exact) mass is 322 g/mol. The highest BCUT2D eigenvalue weighted by Gasteiger charge is 2.23. The topological polar surface area (TPSA) is 91.2 Å². The highest BCUT2D eigenvalue weighted by Crippen LogP contribution is 2.27. The Balaban J connectivity index is 1.62. The first-order valence-corrected chi connectivity index (χ1v) is 8.48. The zero-order valence-corrected chi connectivity index (χ0v) is 12.9. The molecule has 0 unspecified atom stereocenters. The molecule has 7 nitrogen and oxygen atoms in total. The lowest BCUT2D eigenvalue weighted by Gasteiger charge is -2.19. The molecule has 1 aliphatic rings. The van der Waals surface area contributed by atoms with Gasteiger partial charge < -0.3 is 10.5 Å². The molecule has 9 heteroatoms. The van der Waals surface area contributed by atoms with Crippen LogP contribution < -0.4 is 5.73 Å². The number of nitrogens with zero attached hydrogens (tertiary/aromatic N) is 5. The summed E-state index contributed by atoms with van der Waals surface area (Å²) < 4.78 is 7.28. The van der Waals surface area contributed by atoms with Gasteiger partial charge in [-0.05, 0) is 12.8 Å². The SMILES string of the molecule is Nc1nc(Cc2nn3c(C4CCOCC4)nnc3s2)cs1. The first-order chi connectivity index (χ1) is 10.3.